The summed E-state index contributed by atoms with van der Waals surface area (Å²) >= 11 is 0. The van der Waals surface area contributed by atoms with E-state index in [0.29, 0.717) is 24.6 Å². The topological polar surface area (TPSA) is 45.2 Å². The van der Waals surface area contributed by atoms with E-state index in [2.05, 4.69) is 43.1 Å². The maximum absolute atomic E-state index is 13.2. The molecule has 1 aliphatic heterocycles. The number of nitrogens with one attached hydrogen (secondary N) is 1. The van der Waals surface area contributed by atoms with E-state index in [4.69, 9.17) is 4.98 Å². The van der Waals surface area contributed by atoms with Gasteiger partial charge >= 0.3 is 6.18 Å². The Labute approximate surface area is 209 Å². The molecular formula is C29H30F3N3O. The Morgan fingerprint density at radius 3 is 2.53 bits per heavy atom. The maximum Gasteiger partial charge on any atom is 0.416 e. The molecule has 1 aliphatic carbocycles. The maximum atomic E-state index is 13.2. The van der Waals surface area contributed by atoms with Crippen molar-refractivity contribution in [2.45, 2.75) is 58.5 Å². The normalized spacial score (nSPS) is 21.5. The first-order valence-corrected chi connectivity index (χ1v) is 12.4. The second-order valence-corrected chi connectivity index (χ2v) is 10.4. The molecule has 3 aromatic rings. The van der Waals surface area contributed by atoms with Gasteiger partial charge in [-0.1, -0.05) is 57.2 Å². The Hall–Kier alpha value is -3.19. The third kappa shape index (κ3) is 4.64. The number of fused-ring (bicyclic) bond motifs is 2. The number of nitrogens with zero attached hydrogens (tertiary/aromatic N) is 2. The minimum Gasteiger partial charge on any atom is -0.345 e. The van der Waals surface area contributed by atoms with E-state index in [9.17, 15) is 18.0 Å². The van der Waals surface area contributed by atoms with Gasteiger partial charge in [-0.15, -0.1) is 0 Å². The van der Waals surface area contributed by atoms with Gasteiger partial charge in [0.1, 0.15) is 0 Å². The molecule has 3 atom stereocenters. The Kier molecular flexibility index (Phi) is 6.37. The van der Waals surface area contributed by atoms with Crippen LogP contribution in [0, 0.1) is 11.8 Å². The van der Waals surface area contributed by atoms with Crippen LogP contribution in [0.5, 0.6) is 0 Å². The highest BCUT2D eigenvalue weighted by molar-refractivity contribution is 5.94. The predicted molar refractivity (Wildman–Crippen MR) is 132 cm³/mol. The van der Waals surface area contributed by atoms with E-state index in [1.54, 1.807) is 6.20 Å². The minimum absolute atomic E-state index is 0.0264. The highest BCUT2D eigenvalue weighted by Crippen LogP contribution is 2.40. The highest BCUT2D eigenvalue weighted by atomic mass is 19.4. The van der Waals surface area contributed by atoms with Gasteiger partial charge in [0.05, 0.1) is 28.9 Å². The largest absolute Gasteiger partial charge is 0.416 e. The third-order valence-corrected chi connectivity index (χ3v) is 7.40. The Bertz CT molecular complexity index is 1270. The Morgan fingerprint density at radius 1 is 1.11 bits per heavy atom. The molecule has 0 unspecified atom stereocenters. The molecule has 2 heterocycles. The van der Waals surface area contributed by atoms with Gasteiger partial charge < -0.3 is 5.32 Å². The zero-order valence-electron chi connectivity index (χ0n) is 20.6. The number of carbonyl (C=O) groups excluding carboxylic acids is 1. The number of pyridine rings is 1. The SMILES string of the molecule is CC(C)[C@H]1c2ncc(C(=O)N[C@H]3c4ccccc4C[C@H]3C)cc2CN1Cc1ccc(C(F)(F)F)cc1. The van der Waals surface area contributed by atoms with Crippen LogP contribution in [0.3, 0.4) is 0 Å². The first-order valence-electron chi connectivity index (χ1n) is 12.4. The molecule has 4 nitrogen and oxygen atoms in total. The van der Waals surface area contributed by atoms with Crippen molar-refractivity contribution in [3.63, 3.8) is 0 Å². The molecule has 0 fully saturated rings. The van der Waals surface area contributed by atoms with E-state index >= 15 is 0 Å². The first kappa shape index (κ1) is 24.5. The van der Waals surface area contributed by atoms with Gasteiger partial charge in [0, 0.05) is 19.3 Å². The van der Waals surface area contributed by atoms with Crippen molar-refractivity contribution in [2.24, 2.45) is 11.8 Å². The van der Waals surface area contributed by atoms with E-state index in [1.807, 2.05) is 18.2 Å². The lowest BCUT2D eigenvalue weighted by Crippen LogP contribution is -2.30. The van der Waals surface area contributed by atoms with Crippen LogP contribution >= 0.6 is 0 Å². The molecule has 7 heteroatoms. The lowest BCUT2D eigenvalue weighted by atomic mass is 9.98. The fourth-order valence-electron chi connectivity index (χ4n) is 5.69. The van der Waals surface area contributed by atoms with Crippen molar-refractivity contribution in [1.29, 1.82) is 0 Å². The zero-order chi connectivity index (χ0) is 25.6. The summed E-state index contributed by atoms with van der Waals surface area (Å²) in [7, 11) is 0. The van der Waals surface area contributed by atoms with Crippen LogP contribution in [0.15, 0.2) is 60.8 Å². The summed E-state index contributed by atoms with van der Waals surface area (Å²) in [6.45, 7) is 7.48. The lowest BCUT2D eigenvalue weighted by Gasteiger charge is -2.27. The Morgan fingerprint density at radius 2 is 1.83 bits per heavy atom. The highest BCUT2D eigenvalue weighted by Gasteiger charge is 2.36. The number of hydrogen-bond acceptors (Lipinski definition) is 3. The monoisotopic (exact) mass is 493 g/mol. The summed E-state index contributed by atoms with van der Waals surface area (Å²) < 4.78 is 38.8. The van der Waals surface area contributed by atoms with E-state index in [-0.39, 0.29) is 23.9 Å². The number of carbonyl (C=O) groups is 1. The molecule has 0 spiro atoms. The predicted octanol–water partition coefficient (Wildman–Crippen LogP) is 6.48. The van der Waals surface area contributed by atoms with E-state index < -0.39 is 11.7 Å². The summed E-state index contributed by atoms with van der Waals surface area (Å²) in [6.07, 6.45) is -1.75. The van der Waals surface area contributed by atoms with Crippen LogP contribution in [0.1, 0.15) is 76.7 Å². The van der Waals surface area contributed by atoms with Crippen molar-refractivity contribution >= 4 is 5.91 Å². The van der Waals surface area contributed by atoms with Gasteiger partial charge in [-0.25, -0.2) is 0 Å². The van der Waals surface area contributed by atoms with Crippen molar-refractivity contribution in [3.05, 3.63) is 99.9 Å². The van der Waals surface area contributed by atoms with Crippen LogP contribution < -0.4 is 5.32 Å². The molecule has 1 aromatic heterocycles. The van der Waals surface area contributed by atoms with Crippen LogP contribution in [-0.2, 0) is 25.7 Å². The van der Waals surface area contributed by atoms with Crippen LogP contribution in [0.4, 0.5) is 13.2 Å². The quantitative estimate of drug-likeness (QED) is 0.443. The number of rotatable bonds is 5. The van der Waals surface area contributed by atoms with Crippen LogP contribution in [0.25, 0.3) is 0 Å². The van der Waals surface area contributed by atoms with Crippen molar-refractivity contribution in [2.75, 3.05) is 0 Å². The van der Waals surface area contributed by atoms with Crippen molar-refractivity contribution in [1.82, 2.24) is 15.2 Å². The second-order valence-electron chi connectivity index (χ2n) is 10.4. The molecule has 5 rings (SSSR count). The molecule has 2 aliphatic rings. The average molecular weight is 494 g/mol. The zero-order valence-corrected chi connectivity index (χ0v) is 20.6. The number of alkyl halides is 3. The minimum atomic E-state index is -4.35. The smallest absolute Gasteiger partial charge is 0.345 e. The summed E-state index contributed by atoms with van der Waals surface area (Å²) in [5.41, 5.74) is 5.09. The summed E-state index contributed by atoms with van der Waals surface area (Å²) in [6, 6.07) is 15.5. The molecule has 0 bridgehead atoms. The lowest BCUT2D eigenvalue weighted by molar-refractivity contribution is -0.137. The summed E-state index contributed by atoms with van der Waals surface area (Å²) in [5.74, 6) is 0.433. The van der Waals surface area contributed by atoms with Gasteiger partial charge in [0.25, 0.3) is 5.91 Å². The molecule has 2 aromatic carbocycles. The molecular weight excluding hydrogens is 463 g/mol. The fraction of sp³-hybridized carbons (Fsp3) is 0.379. The van der Waals surface area contributed by atoms with Gasteiger partial charge in [0.15, 0.2) is 0 Å². The van der Waals surface area contributed by atoms with E-state index in [1.165, 1.54) is 23.3 Å². The van der Waals surface area contributed by atoms with Crippen LogP contribution in [0.2, 0.25) is 0 Å². The van der Waals surface area contributed by atoms with Crippen molar-refractivity contribution in [3.8, 4) is 0 Å². The van der Waals surface area contributed by atoms with E-state index in [0.717, 1.165) is 35.4 Å². The average Bonchev–Trinajstić information content (AvgIpc) is 3.35. The molecule has 0 saturated heterocycles. The van der Waals surface area contributed by atoms with Gasteiger partial charge in [0.2, 0.25) is 0 Å². The van der Waals surface area contributed by atoms with Gasteiger partial charge in [-0.2, -0.15) is 13.2 Å². The number of amides is 1. The summed E-state index contributed by atoms with van der Waals surface area (Å²) in [5, 5.41) is 3.21. The molecule has 1 amide bonds. The molecule has 0 radical (unpaired) electrons. The molecule has 1 N–H and O–H groups in total. The standard InChI is InChI=1S/C29H30F3N3O/c1-17(2)27-26-22(16-35(27)15-19-8-10-23(11-9-19)29(30,31)32)13-21(14-33-26)28(36)34-25-18(3)12-20-6-4-5-7-24(20)25/h4-11,13-14,17-18,25,27H,12,15-16H2,1-3H3,(H,34,36)/t18-,25-,27+/m1/s1. The van der Waals surface area contributed by atoms with Gasteiger partial charge in [-0.3, -0.25) is 14.7 Å². The first-order chi connectivity index (χ1) is 17.1. The molecule has 36 heavy (non-hydrogen) atoms. The Balaban J connectivity index is 1.34. The number of benzene rings is 2. The molecule has 0 saturated carbocycles. The second kappa shape index (κ2) is 9.36. The van der Waals surface area contributed by atoms with Crippen LogP contribution in [-0.4, -0.2) is 15.8 Å². The third-order valence-electron chi connectivity index (χ3n) is 7.40. The molecule has 188 valence electrons. The summed E-state index contributed by atoms with van der Waals surface area (Å²) in [4.78, 5) is 20.1. The van der Waals surface area contributed by atoms with Gasteiger partial charge in [-0.05, 0) is 58.7 Å². The number of halogens is 3. The number of hydrogen-bond donors (Lipinski definition) is 1. The van der Waals surface area contributed by atoms with Crippen molar-refractivity contribution < 1.29 is 18.0 Å². The fourth-order valence-corrected chi connectivity index (χ4v) is 5.69. The number of aromatic nitrogens is 1.